The lowest BCUT2D eigenvalue weighted by atomic mass is 10.1. The van der Waals surface area contributed by atoms with Gasteiger partial charge in [-0.1, -0.05) is 89.6 Å². The summed E-state index contributed by atoms with van der Waals surface area (Å²) >= 11 is 11.2. The smallest absolute Gasteiger partial charge is 0.305 e. The summed E-state index contributed by atoms with van der Waals surface area (Å²) < 4.78 is 10.9. The van der Waals surface area contributed by atoms with Crippen molar-refractivity contribution in [2.24, 2.45) is 0 Å². The minimum Gasteiger partial charge on any atom is -0.464 e. The van der Waals surface area contributed by atoms with Crippen LogP contribution >= 0.6 is 24.4 Å². The standard InChI is InChI=1S/C26H48N2O4S2/c1-5-9-11-13-15-17-23(29)31-21-19-28(26(34)25(33)27(7-3)8-4)20-22-32-24(30)18-16-14-12-10-6-2/h5-22H2,1-4H3. The first-order chi connectivity index (χ1) is 16.4. The van der Waals surface area contributed by atoms with Gasteiger partial charge in [0.15, 0.2) is 0 Å². The average Bonchev–Trinajstić information content (AvgIpc) is 2.83. The van der Waals surface area contributed by atoms with Gasteiger partial charge >= 0.3 is 11.9 Å². The van der Waals surface area contributed by atoms with Crippen LogP contribution < -0.4 is 0 Å². The number of rotatable bonds is 20. The van der Waals surface area contributed by atoms with Crippen LogP contribution in [0.15, 0.2) is 0 Å². The lowest BCUT2D eigenvalue weighted by molar-refractivity contribution is -0.144. The molecule has 0 saturated carbocycles. The molecule has 0 bridgehead atoms. The maximum Gasteiger partial charge on any atom is 0.305 e. The summed E-state index contributed by atoms with van der Waals surface area (Å²) in [5, 5.41) is 0. The zero-order valence-electron chi connectivity index (χ0n) is 22.1. The molecule has 198 valence electrons. The van der Waals surface area contributed by atoms with E-state index in [1.165, 1.54) is 25.7 Å². The van der Waals surface area contributed by atoms with Gasteiger partial charge in [0.25, 0.3) is 0 Å². The number of likely N-dealkylation sites (N-methyl/N-ethyl adjacent to an activating group) is 1. The second kappa shape index (κ2) is 22.2. The zero-order valence-corrected chi connectivity index (χ0v) is 23.7. The Bertz CT molecular complexity index is 551. The molecule has 0 spiro atoms. The maximum absolute atomic E-state index is 12.1. The fraction of sp³-hybridized carbons (Fsp3) is 0.846. The van der Waals surface area contributed by atoms with Crippen molar-refractivity contribution in [2.45, 2.75) is 105 Å². The van der Waals surface area contributed by atoms with Crippen LogP contribution in [0.25, 0.3) is 0 Å². The largest absolute Gasteiger partial charge is 0.464 e. The van der Waals surface area contributed by atoms with E-state index in [2.05, 4.69) is 13.8 Å². The SMILES string of the molecule is CCCCCCCC(=O)OCCN(CCOC(=O)CCCCCCC)C(=S)C(=S)N(CC)CC. The molecule has 6 nitrogen and oxygen atoms in total. The second-order valence-corrected chi connectivity index (χ2v) is 9.31. The van der Waals surface area contributed by atoms with E-state index in [0.717, 1.165) is 51.6 Å². The molecule has 0 aromatic carbocycles. The highest BCUT2D eigenvalue weighted by atomic mass is 32.1. The molecule has 0 aromatic rings. The molecular formula is C26H48N2O4S2. The van der Waals surface area contributed by atoms with Crippen LogP contribution in [0.2, 0.25) is 0 Å². The maximum atomic E-state index is 12.1. The lowest BCUT2D eigenvalue weighted by Crippen LogP contribution is -2.45. The quantitative estimate of drug-likeness (QED) is 0.109. The molecule has 0 N–H and O–H groups in total. The van der Waals surface area contributed by atoms with Crippen LogP contribution in [0.5, 0.6) is 0 Å². The summed E-state index contributed by atoms with van der Waals surface area (Å²) in [6.45, 7) is 11.3. The van der Waals surface area contributed by atoms with Gasteiger partial charge in [0.1, 0.15) is 23.2 Å². The van der Waals surface area contributed by atoms with Crippen molar-refractivity contribution >= 4 is 46.4 Å². The first-order valence-electron chi connectivity index (χ1n) is 13.3. The molecule has 0 radical (unpaired) electrons. The summed E-state index contributed by atoms with van der Waals surface area (Å²) in [4.78, 5) is 29.2. The van der Waals surface area contributed by atoms with Gasteiger partial charge in [-0.2, -0.15) is 0 Å². The Morgan fingerprint density at radius 3 is 1.35 bits per heavy atom. The Kier molecular flexibility index (Phi) is 21.4. The number of hydrogen-bond acceptors (Lipinski definition) is 6. The van der Waals surface area contributed by atoms with Gasteiger partial charge in [-0.05, 0) is 26.7 Å². The van der Waals surface area contributed by atoms with Crippen molar-refractivity contribution in [1.82, 2.24) is 9.80 Å². The molecule has 0 atom stereocenters. The van der Waals surface area contributed by atoms with Crippen molar-refractivity contribution in [1.29, 1.82) is 0 Å². The van der Waals surface area contributed by atoms with E-state index in [9.17, 15) is 9.59 Å². The summed E-state index contributed by atoms with van der Waals surface area (Å²) in [6.07, 6.45) is 11.8. The highest BCUT2D eigenvalue weighted by Gasteiger charge is 2.19. The third-order valence-corrected chi connectivity index (χ3v) is 6.77. The fourth-order valence-electron chi connectivity index (χ4n) is 3.53. The van der Waals surface area contributed by atoms with Gasteiger partial charge in [0.05, 0.1) is 13.1 Å². The molecular weight excluding hydrogens is 468 g/mol. The third kappa shape index (κ3) is 16.4. The van der Waals surface area contributed by atoms with Gasteiger partial charge in [-0.3, -0.25) is 9.59 Å². The molecule has 0 aliphatic carbocycles. The predicted molar refractivity (Wildman–Crippen MR) is 148 cm³/mol. The number of unbranched alkanes of at least 4 members (excludes halogenated alkanes) is 8. The zero-order chi connectivity index (χ0) is 25.6. The Morgan fingerprint density at radius 2 is 0.971 bits per heavy atom. The Balaban J connectivity index is 4.58. The van der Waals surface area contributed by atoms with E-state index < -0.39 is 0 Å². The van der Waals surface area contributed by atoms with Gasteiger partial charge in [-0.25, -0.2) is 0 Å². The van der Waals surface area contributed by atoms with E-state index >= 15 is 0 Å². The van der Waals surface area contributed by atoms with E-state index in [4.69, 9.17) is 33.9 Å². The molecule has 0 aliphatic rings. The minimum absolute atomic E-state index is 0.178. The summed E-state index contributed by atoms with van der Waals surface area (Å²) in [7, 11) is 0. The molecule has 8 heteroatoms. The topological polar surface area (TPSA) is 59.1 Å². The second-order valence-electron chi connectivity index (χ2n) is 8.54. The van der Waals surface area contributed by atoms with Crippen molar-refractivity contribution < 1.29 is 19.1 Å². The normalized spacial score (nSPS) is 10.6. The van der Waals surface area contributed by atoms with Gasteiger partial charge in [0.2, 0.25) is 0 Å². The highest BCUT2D eigenvalue weighted by molar-refractivity contribution is 7.89. The number of nitrogens with zero attached hydrogens (tertiary/aromatic N) is 2. The molecule has 0 amide bonds. The van der Waals surface area contributed by atoms with Crippen LogP contribution in [0, 0.1) is 0 Å². The van der Waals surface area contributed by atoms with Crippen LogP contribution in [-0.2, 0) is 19.1 Å². The fourth-order valence-corrected chi connectivity index (χ4v) is 4.22. The number of ether oxygens (including phenoxy) is 2. The number of hydrogen-bond donors (Lipinski definition) is 0. The number of thiocarbonyl (C=S) groups is 2. The molecule has 0 heterocycles. The molecule has 34 heavy (non-hydrogen) atoms. The van der Waals surface area contributed by atoms with Gasteiger partial charge < -0.3 is 19.3 Å². The van der Waals surface area contributed by atoms with Crippen LogP contribution in [0.1, 0.15) is 105 Å². The van der Waals surface area contributed by atoms with E-state index in [0.29, 0.717) is 35.9 Å². The van der Waals surface area contributed by atoms with Crippen molar-refractivity contribution in [3.63, 3.8) is 0 Å². The molecule has 0 unspecified atom stereocenters. The Labute approximate surface area is 219 Å². The molecule has 0 aromatic heterocycles. The average molecular weight is 517 g/mol. The third-order valence-electron chi connectivity index (χ3n) is 5.74. The van der Waals surface area contributed by atoms with E-state index in [1.54, 1.807) is 0 Å². The van der Waals surface area contributed by atoms with Gasteiger partial charge in [-0.15, -0.1) is 0 Å². The monoisotopic (exact) mass is 516 g/mol. The van der Waals surface area contributed by atoms with Crippen LogP contribution in [0.4, 0.5) is 0 Å². The molecule has 0 fully saturated rings. The van der Waals surface area contributed by atoms with Crippen LogP contribution in [0.3, 0.4) is 0 Å². The van der Waals surface area contributed by atoms with E-state index in [-0.39, 0.29) is 25.2 Å². The number of esters is 2. The highest BCUT2D eigenvalue weighted by Crippen LogP contribution is 2.08. The molecule has 0 rings (SSSR count). The lowest BCUT2D eigenvalue weighted by Gasteiger charge is -2.30. The van der Waals surface area contributed by atoms with Crippen molar-refractivity contribution in [3.8, 4) is 0 Å². The van der Waals surface area contributed by atoms with E-state index in [1.807, 2.05) is 23.6 Å². The summed E-state index contributed by atoms with van der Waals surface area (Å²) in [6, 6.07) is 0. The molecule has 0 saturated heterocycles. The number of carbonyl (C=O) groups excluding carboxylic acids is 2. The first kappa shape index (κ1) is 32.7. The molecule has 0 aliphatic heterocycles. The van der Waals surface area contributed by atoms with Gasteiger partial charge in [0, 0.05) is 25.9 Å². The minimum atomic E-state index is -0.178. The summed E-state index contributed by atoms with van der Waals surface area (Å²) in [5.74, 6) is -0.355. The van der Waals surface area contributed by atoms with Crippen molar-refractivity contribution in [2.75, 3.05) is 39.4 Å². The Hall–Kier alpha value is -1.28. The predicted octanol–water partition coefficient (Wildman–Crippen LogP) is 6.09. The first-order valence-corrected chi connectivity index (χ1v) is 14.1. The number of carbonyl (C=O) groups is 2. The van der Waals surface area contributed by atoms with Crippen LogP contribution in [-0.4, -0.2) is 71.1 Å². The Morgan fingerprint density at radius 1 is 0.588 bits per heavy atom. The van der Waals surface area contributed by atoms with Crippen molar-refractivity contribution in [3.05, 3.63) is 0 Å². The summed E-state index contributed by atoms with van der Waals surface area (Å²) in [5.41, 5.74) is 0.